The minimum atomic E-state index is -0.335. The first kappa shape index (κ1) is 9.17. The monoisotopic (exact) mass is 166 g/mol. The van der Waals surface area contributed by atoms with Gasteiger partial charge in [-0.15, -0.1) is 0 Å². The van der Waals surface area contributed by atoms with E-state index in [0.717, 1.165) is 6.42 Å². The average molecular weight is 166 g/mol. The predicted octanol–water partition coefficient (Wildman–Crippen LogP) is 1.75. The van der Waals surface area contributed by atoms with Crippen molar-refractivity contribution in [2.24, 2.45) is 11.8 Å². The Hall–Kier alpha value is -0.920. The largest absolute Gasteiger partial charge is 0.291 e. The zero-order valence-corrected chi connectivity index (χ0v) is 7.54. The van der Waals surface area contributed by atoms with Crippen molar-refractivity contribution in [2.75, 3.05) is 0 Å². The summed E-state index contributed by atoms with van der Waals surface area (Å²) < 4.78 is 0. The van der Waals surface area contributed by atoms with Crippen LogP contribution in [0, 0.1) is 11.8 Å². The van der Waals surface area contributed by atoms with E-state index in [4.69, 9.17) is 0 Å². The molecule has 2 nitrogen and oxygen atoms in total. The Labute approximate surface area is 72.7 Å². The van der Waals surface area contributed by atoms with E-state index in [-0.39, 0.29) is 11.6 Å². The number of rotatable bonds is 1. The summed E-state index contributed by atoms with van der Waals surface area (Å²) in [4.78, 5) is 21.9. The zero-order chi connectivity index (χ0) is 9.14. The second-order valence-electron chi connectivity index (χ2n) is 3.59. The molecular weight excluding hydrogens is 152 g/mol. The molecule has 1 rings (SSSR count). The van der Waals surface area contributed by atoms with E-state index in [0.29, 0.717) is 18.3 Å². The van der Waals surface area contributed by atoms with Gasteiger partial charge in [-0.1, -0.05) is 19.9 Å². The molecule has 0 aromatic carbocycles. The first-order valence-corrected chi connectivity index (χ1v) is 4.36. The molecule has 0 aliphatic heterocycles. The normalized spacial score (nSPS) is 24.8. The van der Waals surface area contributed by atoms with Crippen molar-refractivity contribution >= 4 is 11.6 Å². The maximum atomic E-state index is 11.0. The number of ketones is 2. The summed E-state index contributed by atoms with van der Waals surface area (Å²) in [5, 5.41) is 0. The lowest BCUT2D eigenvalue weighted by molar-refractivity contribution is -0.133. The molecule has 0 spiro atoms. The van der Waals surface area contributed by atoms with E-state index in [9.17, 15) is 9.59 Å². The summed E-state index contributed by atoms with van der Waals surface area (Å²) in [5.74, 6) is 0.327. The molecule has 0 unspecified atom stereocenters. The molecule has 12 heavy (non-hydrogen) atoms. The Morgan fingerprint density at radius 1 is 1.42 bits per heavy atom. The second kappa shape index (κ2) is 3.65. The van der Waals surface area contributed by atoms with Crippen molar-refractivity contribution in [1.29, 1.82) is 0 Å². The van der Waals surface area contributed by atoms with Gasteiger partial charge in [-0.3, -0.25) is 9.59 Å². The van der Waals surface area contributed by atoms with Crippen molar-refractivity contribution < 1.29 is 9.59 Å². The molecule has 0 aromatic heterocycles. The quantitative estimate of drug-likeness (QED) is 0.556. The highest BCUT2D eigenvalue weighted by molar-refractivity contribution is 6.41. The number of hydrogen-bond donors (Lipinski definition) is 0. The molecule has 0 radical (unpaired) electrons. The van der Waals surface area contributed by atoms with Crippen LogP contribution in [0.5, 0.6) is 0 Å². The van der Waals surface area contributed by atoms with Crippen LogP contribution in [0.3, 0.4) is 0 Å². The summed E-state index contributed by atoms with van der Waals surface area (Å²) >= 11 is 0. The molecule has 0 bridgehead atoms. The standard InChI is InChI=1S/C10H14O2/c1-7(2)8-3-5-9(11)10(12)6-4-8/h3,5,7-8H,4,6H2,1-2H3/t8-/m0/s1. The first-order valence-electron chi connectivity index (χ1n) is 4.36. The Bertz CT molecular complexity index is 226. The van der Waals surface area contributed by atoms with E-state index in [1.54, 1.807) is 0 Å². The van der Waals surface area contributed by atoms with Crippen LogP contribution in [-0.4, -0.2) is 11.6 Å². The van der Waals surface area contributed by atoms with Gasteiger partial charge in [-0.25, -0.2) is 0 Å². The lowest BCUT2D eigenvalue weighted by atomic mass is 9.92. The van der Waals surface area contributed by atoms with Crippen LogP contribution in [-0.2, 0) is 9.59 Å². The first-order chi connectivity index (χ1) is 5.61. The maximum Gasteiger partial charge on any atom is 0.221 e. The van der Waals surface area contributed by atoms with Crippen LogP contribution in [0.2, 0.25) is 0 Å². The Balaban J connectivity index is 2.70. The van der Waals surface area contributed by atoms with Gasteiger partial charge >= 0.3 is 0 Å². The highest BCUT2D eigenvalue weighted by Gasteiger charge is 2.19. The number of Topliss-reactive ketones (excluding diaryl/α,β-unsaturated/α-hetero) is 1. The third-order valence-electron chi connectivity index (χ3n) is 2.33. The Morgan fingerprint density at radius 3 is 2.67 bits per heavy atom. The molecule has 1 atom stereocenters. The van der Waals surface area contributed by atoms with Gasteiger partial charge in [0.1, 0.15) is 0 Å². The van der Waals surface area contributed by atoms with Gasteiger partial charge in [-0.2, -0.15) is 0 Å². The Morgan fingerprint density at radius 2 is 2.08 bits per heavy atom. The molecular formula is C10H14O2. The van der Waals surface area contributed by atoms with Gasteiger partial charge in [0.2, 0.25) is 11.6 Å². The molecule has 0 amide bonds. The van der Waals surface area contributed by atoms with Crippen LogP contribution in [0.25, 0.3) is 0 Å². The van der Waals surface area contributed by atoms with Gasteiger partial charge in [0.05, 0.1) is 0 Å². The Kier molecular flexibility index (Phi) is 2.79. The minimum absolute atomic E-state index is 0.241. The maximum absolute atomic E-state index is 11.0. The molecule has 1 aliphatic carbocycles. The summed E-state index contributed by atoms with van der Waals surface area (Å²) in [7, 11) is 0. The third-order valence-corrected chi connectivity index (χ3v) is 2.33. The van der Waals surface area contributed by atoms with Crippen molar-refractivity contribution in [3.8, 4) is 0 Å². The van der Waals surface area contributed by atoms with E-state index in [2.05, 4.69) is 13.8 Å². The van der Waals surface area contributed by atoms with Gasteiger partial charge in [0.15, 0.2) is 0 Å². The van der Waals surface area contributed by atoms with Crippen LogP contribution in [0.1, 0.15) is 26.7 Å². The molecule has 0 N–H and O–H groups in total. The minimum Gasteiger partial charge on any atom is -0.291 e. The highest BCUT2D eigenvalue weighted by Crippen LogP contribution is 2.21. The SMILES string of the molecule is CC(C)[C@H]1C=CC(=O)C(=O)CC1. The molecule has 0 aromatic rings. The van der Waals surface area contributed by atoms with Crippen molar-refractivity contribution in [3.05, 3.63) is 12.2 Å². The van der Waals surface area contributed by atoms with Crippen molar-refractivity contribution in [3.63, 3.8) is 0 Å². The summed E-state index contributed by atoms with van der Waals surface area (Å²) in [5.41, 5.74) is 0. The van der Waals surface area contributed by atoms with Gasteiger partial charge in [-0.05, 0) is 24.3 Å². The number of carbonyl (C=O) groups excluding carboxylic acids is 2. The zero-order valence-electron chi connectivity index (χ0n) is 7.54. The fraction of sp³-hybridized carbons (Fsp3) is 0.600. The molecule has 0 saturated carbocycles. The summed E-state index contributed by atoms with van der Waals surface area (Å²) in [6.45, 7) is 4.21. The van der Waals surface area contributed by atoms with Crippen molar-refractivity contribution in [2.45, 2.75) is 26.7 Å². The number of carbonyl (C=O) groups is 2. The third kappa shape index (κ3) is 2.03. The lowest BCUT2D eigenvalue weighted by Gasteiger charge is -2.13. The number of allylic oxidation sites excluding steroid dienone is 2. The van der Waals surface area contributed by atoms with E-state index in [1.807, 2.05) is 6.08 Å². The topological polar surface area (TPSA) is 34.1 Å². The van der Waals surface area contributed by atoms with Gasteiger partial charge in [0.25, 0.3) is 0 Å². The van der Waals surface area contributed by atoms with Crippen molar-refractivity contribution in [1.82, 2.24) is 0 Å². The average Bonchev–Trinajstić information content (AvgIpc) is 2.16. The number of hydrogen-bond acceptors (Lipinski definition) is 2. The molecule has 1 aliphatic rings. The van der Waals surface area contributed by atoms with Crippen LogP contribution in [0.15, 0.2) is 12.2 Å². The van der Waals surface area contributed by atoms with Crippen LogP contribution < -0.4 is 0 Å². The van der Waals surface area contributed by atoms with E-state index >= 15 is 0 Å². The van der Waals surface area contributed by atoms with Crippen LogP contribution >= 0.6 is 0 Å². The fourth-order valence-corrected chi connectivity index (χ4v) is 1.38. The highest BCUT2D eigenvalue weighted by atomic mass is 16.2. The smallest absolute Gasteiger partial charge is 0.221 e. The molecule has 66 valence electrons. The lowest BCUT2D eigenvalue weighted by Crippen LogP contribution is -2.09. The van der Waals surface area contributed by atoms with Gasteiger partial charge in [0, 0.05) is 6.42 Å². The summed E-state index contributed by atoms with van der Waals surface area (Å²) in [6, 6.07) is 0. The van der Waals surface area contributed by atoms with Crippen LogP contribution in [0.4, 0.5) is 0 Å². The molecule has 0 saturated heterocycles. The second-order valence-corrected chi connectivity index (χ2v) is 3.59. The summed E-state index contributed by atoms with van der Waals surface area (Å²) in [6.07, 6.45) is 4.53. The molecule has 2 heteroatoms. The molecule has 0 heterocycles. The van der Waals surface area contributed by atoms with E-state index in [1.165, 1.54) is 6.08 Å². The fourth-order valence-electron chi connectivity index (χ4n) is 1.38. The van der Waals surface area contributed by atoms with Gasteiger partial charge < -0.3 is 0 Å². The molecule has 0 fully saturated rings. The predicted molar refractivity (Wildman–Crippen MR) is 46.7 cm³/mol. The van der Waals surface area contributed by atoms with E-state index < -0.39 is 0 Å².